The van der Waals surface area contributed by atoms with Crippen molar-refractivity contribution in [3.05, 3.63) is 57.9 Å². The van der Waals surface area contributed by atoms with Crippen molar-refractivity contribution in [1.82, 2.24) is 14.9 Å². The topological polar surface area (TPSA) is 134 Å². The van der Waals surface area contributed by atoms with Crippen LogP contribution in [0.1, 0.15) is 24.1 Å². The molecule has 0 spiro atoms. The van der Waals surface area contributed by atoms with Gasteiger partial charge in [-0.15, -0.1) is 10.2 Å². The molecule has 0 amide bonds. The van der Waals surface area contributed by atoms with E-state index in [2.05, 4.69) is 15.6 Å². The predicted octanol–water partition coefficient (Wildman–Crippen LogP) is 1.95. The number of nitrogens with one attached hydrogen (secondary N) is 1. The molecule has 4 N–H and O–H groups in total. The van der Waals surface area contributed by atoms with Crippen molar-refractivity contribution in [2.24, 2.45) is 0 Å². The van der Waals surface area contributed by atoms with Gasteiger partial charge in [-0.2, -0.15) is 0 Å². The zero-order valence-corrected chi connectivity index (χ0v) is 15.2. The summed E-state index contributed by atoms with van der Waals surface area (Å²) >= 11 is 1.31. The minimum atomic E-state index is -0.502. The second-order valence-electron chi connectivity index (χ2n) is 5.63. The van der Waals surface area contributed by atoms with E-state index in [1.54, 1.807) is 10.7 Å². The van der Waals surface area contributed by atoms with E-state index in [4.69, 9.17) is 4.42 Å². The fourth-order valence-corrected chi connectivity index (χ4v) is 3.11. The first-order valence-electron chi connectivity index (χ1n) is 8.10. The van der Waals surface area contributed by atoms with Gasteiger partial charge >= 0.3 is 0 Å². The van der Waals surface area contributed by atoms with E-state index >= 15 is 0 Å². The SMILES string of the molecule is CCc1nnc(SCc2cc(=O)c(O)co2)n1NCc1ccc(O)c(O)c1. The highest BCUT2D eigenvalue weighted by Crippen LogP contribution is 2.25. The number of aromatic nitrogens is 3. The number of aryl methyl sites for hydroxylation is 1. The van der Waals surface area contributed by atoms with Gasteiger partial charge < -0.3 is 25.2 Å². The van der Waals surface area contributed by atoms with Crippen molar-refractivity contribution >= 4 is 11.8 Å². The first-order valence-corrected chi connectivity index (χ1v) is 9.09. The number of phenolic OH excluding ortho intramolecular Hbond substituents is 2. The second kappa shape index (κ2) is 8.04. The molecule has 10 heteroatoms. The van der Waals surface area contributed by atoms with E-state index in [1.165, 1.54) is 30.0 Å². The average Bonchev–Trinajstić information content (AvgIpc) is 3.05. The quantitative estimate of drug-likeness (QED) is 0.353. The second-order valence-corrected chi connectivity index (χ2v) is 6.57. The van der Waals surface area contributed by atoms with E-state index in [0.29, 0.717) is 35.5 Å². The molecular weight excluding hydrogens is 372 g/mol. The maximum atomic E-state index is 11.5. The molecule has 0 unspecified atom stereocenters. The maximum Gasteiger partial charge on any atom is 0.226 e. The number of phenols is 2. The first kappa shape index (κ1) is 18.6. The molecule has 0 radical (unpaired) electrons. The van der Waals surface area contributed by atoms with E-state index in [9.17, 15) is 20.1 Å². The molecule has 3 rings (SSSR count). The van der Waals surface area contributed by atoms with Crippen molar-refractivity contribution in [1.29, 1.82) is 0 Å². The van der Waals surface area contributed by atoms with Gasteiger partial charge in [-0.05, 0) is 17.7 Å². The summed E-state index contributed by atoms with van der Waals surface area (Å²) in [6.07, 6.45) is 1.66. The van der Waals surface area contributed by atoms with Crippen molar-refractivity contribution in [3.8, 4) is 17.2 Å². The van der Waals surface area contributed by atoms with Gasteiger partial charge in [-0.1, -0.05) is 24.8 Å². The van der Waals surface area contributed by atoms with E-state index in [-0.39, 0.29) is 11.5 Å². The average molecular weight is 390 g/mol. The summed E-state index contributed by atoms with van der Waals surface area (Å²) in [6.45, 7) is 2.32. The molecule has 2 aromatic heterocycles. The van der Waals surface area contributed by atoms with Crippen LogP contribution in [0.25, 0.3) is 0 Å². The van der Waals surface area contributed by atoms with Crippen LogP contribution >= 0.6 is 11.8 Å². The Labute approximate surface area is 158 Å². The zero-order chi connectivity index (χ0) is 19.4. The third-order valence-electron chi connectivity index (χ3n) is 3.71. The Morgan fingerprint density at radius 3 is 2.67 bits per heavy atom. The molecule has 3 aromatic rings. The predicted molar refractivity (Wildman–Crippen MR) is 98.4 cm³/mol. The lowest BCUT2D eigenvalue weighted by Gasteiger charge is -2.12. The van der Waals surface area contributed by atoms with E-state index in [1.807, 2.05) is 6.92 Å². The summed E-state index contributed by atoms with van der Waals surface area (Å²) in [6, 6.07) is 5.81. The lowest BCUT2D eigenvalue weighted by Crippen LogP contribution is -2.18. The summed E-state index contributed by atoms with van der Waals surface area (Å²) in [5.41, 5.74) is 3.44. The molecule has 27 heavy (non-hydrogen) atoms. The largest absolute Gasteiger partial charge is 0.504 e. The van der Waals surface area contributed by atoms with Crippen LogP contribution in [0.15, 0.2) is 44.9 Å². The smallest absolute Gasteiger partial charge is 0.226 e. The molecule has 1 aromatic carbocycles. The van der Waals surface area contributed by atoms with Crippen LogP contribution in [-0.4, -0.2) is 30.2 Å². The van der Waals surface area contributed by atoms with Gasteiger partial charge in [0.15, 0.2) is 23.1 Å². The molecule has 0 aliphatic carbocycles. The Kier molecular flexibility index (Phi) is 5.55. The van der Waals surface area contributed by atoms with Gasteiger partial charge in [-0.25, -0.2) is 4.68 Å². The van der Waals surface area contributed by atoms with Gasteiger partial charge in [0.25, 0.3) is 0 Å². The van der Waals surface area contributed by atoms with Gasteiger partial charge in [0.2, 0.25) is 10.6 Å². The van der Waals surface area contributed by atoms with Crippen LogP contribution in [0.5, 0.6) is 17.2 Å². The Morgan fingerprint density at radius 2 is 1.96 bits per heavy atom. The van der Waals surface area contributed by atoms with Crippen molar-refractivity contribution in [2.75, 3.05) is 5.43 Å². The molecule has 0 fully saturated rings. The lowest BCUT2D eigenvalue weighted by atomic mass is 10.2. The molecule has 0 aliphatic heterocycles. The summed E-state index contributed by atoms with van der Waals surface area (Å²) in [5.74, 6) is 0.652. The number of hydrogen-bond donors (Lipinski definition) is 4. The maximum absolute atomic E-state index is 11.5. The molecule has 0 aliphatic rings. The molecule has 2 heterocycles. The molecule has 142 valence electrons. The Balaban J connectivity index is 1.72. The number of hydrogen-bond acceptors (Lipinski definition) is 9. The Hall–Kier alpha value is -3.14. The molecule has 0 saturated heterocycles. The van der Waals surface area contributed by atoms with Crippen molar-refractivity contribution in [2.45, 2.75) is 30.8 Å². The molecule has 9 nitrogen and oxygen atoms in total. The highest BCUT2D eigenvalue weighted by Gasteiger charge is 2.13. The van der Waals surface area contributed by atoms with Gasteiger partial charge in [0, 0.05) is 12.5 Å². The third-order valence-corrected chi connectivity index (χ3v) is 4.66. The van der Waals surface area contributed by atoms with Crippen LogP contribution in [-0.2, 0) is 18.7 Å². The fraction of sp³-hybridized carbons (Fsp3) is 0.235. The van der Waals surface area contributed by atoms with Crippen molar-refractivity contribution < 1.29 is 19.7 Å². The van der Waals surface area contributed by atoms with Crippen LogP contribution in [0.2, 0.25) is 0 Å². The monoisotopic (exact) mass is 390 g/mol. The highest BCUT2D eigenvalue weighted by molar-refractivity contribution is 7.98. The van der Waals surface area contributed by atoms with Crippen LogP contribution in [0, 0.1) is 0 Å². The number of rotatable bonds is 7. The zero-order valence-electron chi connectivity index (χ0n) is 14.4. The van der Waals surface area contributed by atoms with Crippen molar-refractivity contribution in [3.63, 3.8) is 0 Å². The Bertz CT molecular complexity index is 1000. The number of nitrogens with zero attached hydrogens (tertiary/aromatic N) is 3. The highest BCUT2D eigenvalue weighted by atomic mass is 32.2. The summed E-state index contributed by atoms with van der Waals surface area (Å²) in [4.78, 5) is 11.5. The number of aromatic hydroxyl groups is 3. The molecule has 0 saturated carbocycles. The van der Waals surface area contributed by atoms with Gasteiger partial charge in [0.05, 0.1) is 12.3 Å². The first-order chi connectivity index (χ1) is 13.0. The normalized spacial score (nSPS) is 10.9. The summed E-state index contributed by atoms with van der Waals surface area (Å²) < 4.78 is 6.92. The van der Waals surface area contributed by atoms with E-state index in [0.717, 1.165) is 11.8 Å². The third kappa shape index (κ3) is 4.34. The molecular formula is C17H18N4O5S. The molecule has 0 atom stereocenters. The fourth-order valence-electron chi connectivity index (χ4n) is 2.29. The van der Waals surface area contributed by atoms with Crippen LogP contribution < -0.4 is 10.9 Å². The number of benzene rings is 1. The van der Waals surface area contributed by atoms with Crippen LogP contribution in [0.4, 0.5) is 0 Å². The van der Waals surface area contributed by atoms with Gasteiger partial charge in [0.1, 0.15) is 12.0 Å². The number of thioether (sulfide) groups is 1. The standard InChI is InChI=1S/C17H18N4O5S/c1-2-16-19-20-17(27-9-11-6-14(24)15(25)8-26-11)21(16)18-7-10-3-4-12(22)13(23)5-10/h3-6,8,18,22-23,25H,2,7,9H2,1H3. The van der Waals surface area contributed by atoms with E-state index < -0.39 is 11.2 Å². The molecule has 0 bridgehead atoms. The Morgan fingerprint density at radius 1 is 1.15 bits per heavy atom. The summed E-state index contributed by atoms with van der Waals surface area (Å²) in [5, 5.41) is 37.1. The minimum Gasteiger partial charge on any atom is -0.504 e. The van der Waals surface area contributed by atoms with Crippen LogP contribution in [0.3, 0.4) is 0 Å². The summed E-state index contributed by atoms with van der Waals surface area (Å²) in [7, 11) is 0. The van der Waals surface area contributed by atoms with Gasteiger partial charge in [-0.3, -0.25) is 4.79 Å². The minimum absolute atomic E-state index is 0.177. The lowest BCUT2D eigenvalue weighted by molar-refractivity contribution is 0.403.